The molecule has 2 nitrogen and oxygen atoms in total. The Morgan fingerprint density at radius 3 is 1.40 bits per heavy atom. The fourth-order valence-corrected chi connectivity index (χ4v) is 9.57. The molecule has 10 aromatic rings. The van der Waals surface area contributed by atoms with Crippen molar-refractivity contribution in [1.82, 2.24) is 0 Å². The molecule has 0 aromatic heterocycles. The van der Waals surface area contributed by atoms with Gasteiger partial charge in [-0.3, -0.25) is 0 Å². The lowest BCUT2D eigenvalue weighted by molar-refractivity contribution is 0.666. The van der Waals surface area contributed by atoms with Gasteiger partial charge in [-0.1, -0.05) is 172 Å². The van der Waals surface area contributed by atoms with Gasteiger partial charge in [-0.25, -0.2) is 0 Å². The maximum absolute atomic E-state index is 2.52. The Kier molecular flexibility index (Phi) is 7.55. The van der Waals surface area contributed by atoms with E-state index in [1.807, 2.05) is 0 Å². The maximum Gasteiger partial charge on any atom is 0.0623 e. The van der Waals surface area contributed by atoms with Crippen LogP contribution in [-0.4, -0.2) is 0 Å². The fourth-order valence-electron chi connectivity index (χ4n) is 9.57. The second-order valence-electron chi connectivity index (χ2n) is 15.7. The Labute approximate surface area is 333 Å². The van der Waals surface area contributed by atoms with E-state index in [-0.39, 0.29) is 5.41 Å². The second kappa shape index (κ2) is 13.0. The zero-order valence-corrected chi connectivity index (χ0v) is 32.0. The molecule has 0 saturated carbocycles. The number of fused-ring (bicyclic) bond motifs is 8. The summed E-state index contributed by atoms with van der Waals surface area (Å²) >= 11 is 0. The molecule has 0 amide bonds. The molecule has 0 aliphatic heterocycles. The summed E-state index contributed by atoms with van der Waals surface area (Å²) in [5, 5.41) is 9.74. The lowest BCUT2D eigenvalue weighted by atomic mass is 9.78. The summed E-state index contributed by atoms with van der Waals surface area (Å²) in [6.07, 6.45) is 0. The van der Waals surface area contributed by atoms with Gasteiger partial charge in [0.25, 0.3) is 0 Å². The molecular weight excluding hydrogens is 689 g/mol. The van der Waals surface area contributed by atoms with E-state index >= 15 is 0 Å². The highest BCUT2D eigenvalue weighted by atomic mass is 15.2. The first-order chi connectivity index (χ1) is 28.1. The molecule has 0 radical (unpaired) electrons. The zero-order chi connectivity index (χ0) is 38.1. The molecule has 0 N–H and O–H groups in total. The van der Waals surface area contributed by atoms with Crippen LogP contribution in [-0.2, 0) is 5.41 Å². The van der Waals surface area contributed by atoms with Crippen LogP contribution in [0.2, 0.25) is 0 Å². The molecule has 0 unspecified atom stereocenters. The Morgan fingerprint density at radius 2 is 0.807 bits per heavy atom. The van der Waals surface area contributed by atoms with Gasteiger partial charge in [0.15, 0.2) is 0 Å². The summed E-state index contributed by atoms with van der Waals surface area (Å²) in [6, 6.07) is 75.8. The first-order valence-corrected chi connectivity index (χ1v) is 19.9. The number of rotatable bonds is 6. The SMILES string of the molecule is CC1(C)c2ccccc2-c2ccc3c(N(c4ccccc4)c4ccc5ccccc5c4)c4ccccc4c(N(c4ccccc4)c4ccc5ccccc5c4)c3c21. The average molecular weight is 729 g/mol. The molecule has 270 valence electrons. The Balaban J connectivity index is 1.33. The molecule has 0 fully saturated rings. The highest BCUT2D eigenvalue weighted by Crippen LogP contribution is 2.58. The lowest BCUT2D eigenvalue weighted by Crippen LogP contribution is -2.19. The lowest BCUT2D eigenvalue weighted by Gasteiger charge is -2.35. The number of hydrogen-bond acceptors (Lipinski definition) is 2. The van der Waals surface area contributed by atoms with Crippen LogP contribution in [0.4, 0.5) is 34.1 Å². The third-order valence-corrected chi connectivity index (χ3v) is 12.1. The van der Waals surface area contributed by atoms with Gasteiger partial charge in [-0.2, -0.15) is 0 Å². The van der Waals surface area contributed by atoms with Gasteiger partial charge in [-0.05, 0) is 92.3 Å². The molecule has 1 aliphatic rings. The first kappa shape index (κ1) is 33.2. The van der Waals surface area contributed by atoms with Crippen LogP contribution in [0.1, 0.15) is 25.0 Å². The monoisotopic (exact) mass is 728 g/mol. The third kappa shape index (κ3) is 5.18. The predicted molar refractivity (Wildman–Crippen MR) is 243 cm³/mol. The van der Waals surface area contributed by atoms with E-state index in [9.17, 15) is 0 Å². The number of benzene rings is 10. The zero-order valence-electron chi connectivity index (χ0n) is 32.0. The van der Waals surface area contributed by atoms with Gasteiger partial charge in [-0.15, -0.1) is 0 Å². The minimum absolute atomic E-state index is 0.272. The molecule has 11 rings (SSSR count). The Morgan fingerprint density at radius 1 is 0.333 bits per heavy atom. The molecular formula is C55H40N2. The van der Waals surface area contributed by atoms with Crippen molar-refractivity contribution >= 4 is 77.2 Å². The van der Waals surface area contributed by atoms with Crippen molar-refractivity contribution in [3.8, 4) is 11.1 Å². The molecule has 57 heavy (non-hydrogen) atoms. The van der Waals surface area contributed by atoms with E-state index in [2.05, 4.69) is 230 Å². The molecule has 1 aliphatic carbocycles. The minimum atomic E-state index is -0.272. The van der Waals surface area contributed by atoms with Gasteiger partial charge in [0.2, 0.25) is 0 Å². The van der Waals surface area contributed by atoms with E-state index < -0.39 is 0 Å². The summed E-state index contributed by atoms with van der Waals surface area (Å²) in [4.78, 5) is 5.01. The summed E-state index contributed by atoms with van der Waals surface area (Å²) < 4.78 is 0. The molecule has 10 aromatic carbocycles. The van der Waals surface area contributed by atoms with Crippen LogP contribution in [0, 0.1) is 0 Å². The van der Waals surface area contributed by atoms with Gasteiger partial charge in [0, 0.05) is 49.7 Å². The van der Waals surface area contributed by atoms with Crippen molar-refractivity contribution in [3.63, 3.8) is 0 Å². The van der Waals surface area contributed by atoms with Gasteiger partial charge in [0.1, 0.15) is 0 Å². The highest BCUT2D eigenvalue weighted by Gasteiger charge is 2.39. The average Bonchev–Trinajstić information content (AvgIpc) is 3.51. The Bertz CT molecular complexity index is 3160. The van der Waals surface area contributed by atoms with Crippen LogP contribution >= 0.6 is 0 Å². The highest BCUT2D eigenvalue weighted by molar-refractivity contribution is 6.25. The van der Waals surface area contributed by atoms with Crippen molar-refractivity contribution in [3.05, 3.63) is 217 Å². The van der Waals surface area contributed by atoms with Crippen LogP contribution in [0.5, 0.6) is 0 Å². The van der Waals surface area contributed by atoms with Gasteiger partial charge >= 0.3 is 0 Å². The third-order valence-electron chi connectivity index (χ3n) is 12.1. The van der Waals surface area contributed by atoms with Crippen LogP contribution in [0.15, 0.2) is 206 Å². The molecule has 0 atom stereocenters. The van der Waals surface area contributed by atoms with Gasteiger partial charge < -0.3 is 9.80 Å². The summed E-state index contributed by atoms with van der Waals surface area (Å²) in [6.45, 7) is 4.83. The van der Waals surface area contributed by atoms with E-state index in [0.29, 0.717) is 0 Å². The number of hydrogen-bond donors (Lipinski definition) is 0. The van der Waals surface area contributed by atoms with E-state index in [0.717, 1.165) is 22.7 Å². The fraction of sp³-hybridized carbons (Fsp3) is 0.0545. The first-order valence-electron chi connectivity index (χ1n) is 19.9. The van der Waals surface area contributed by atoms with Gasteiger partial charge in [0.05, 0.1) is 11.4 Å². The van der Waals surface area contributed by atoms with Crippen molar-refractivity contribution in [2.75, 3.05) is 9.80 Å². The molecule has 0 spiro atoms. The smallest absolute Gasteiger partial charge is 0.0623 e. The topological polar surface area (TPSA) is 6.48 Å². The van der Waals surface area contributed by atoms with Crippen LogP contribution < -0.4 is 9.80 Å². The van der Waals surface area contributed by atoms with Crippen molar-refractivity contribution < 1.29 is 0 Å². The normalized spacial score (nSPS) is 12.9. The Hall–Kier alpha value is -7.16. The quantitative estimate of drug-likeness (QED) is 0.124. The van der Waals surface area contributed by atoms with Crippen molar-refractivity contribution in [2.24, 2.45) is 0 Å². The largest absolute Gasteiger partial charge is 0.309 e. The summed E-state index contributed by atoms with van der Waals surface area (Å²) in [7, 11) is 0. The minimum Gasteiger partial charge on any atom is -0.309 e. The van der Waals surface area contributed by atoms with E-state index in [1.54, 1.807) is 0 Å². The molecule has 0 heterocycles. The number of para-hydroxylation sites is 2. The van der Waals surface area contributed by atoms with Crippen LogP contribution in [0.25, 0.3) is 54.2 Å². The van der Waals surface area contributed by atoms with Crippen molar-refractivity contribution in [2.45, 2.75) is 19.3 Å². The molecule has 0 bridgehead atoms. The number of anilines is 6. The summed E-state index contributed by atoms with van der Waals surface area (Å²) in [5.74, 6) is 0. The van der Waals surface area contributed by atoms with E-state index in [1.165, 1.54) is 76.7 Å². The number of nitrogens with zero attached hydrogens (tertiary/aromatic N) is 2. The maximum atomic E-state index is 2.52. The van der Waals surface area contributed by atoms with Crippen LogP contribution in [0.3, 0.4) is 0 Å². The second-order valence-corrected chi connectivity index (χ2v) is 15.7. The van der Waals surface area contributed by atoms with Crippen molar-refractivity contribution in [1.29, 1.82) is 0 Å². The molecule has 2 heteroatoms. The van der Waals surface area contributed by atoms with E-state index in [4.69, 9.17) is 0 Å². The summed E-state index contributed by atoms with van der Waals surface area (Å²) in [5.41, 5.74) is 11.9. The molecule has 0 saturated heterocycles. The predicted octanol–water partition coefficient (Wildman–Crippen LogP) is 15.5. The standard InChI is InChI=1S/C55H40N2/c1-55(2)50-28-16-15-25-45(50)46-33-34-49-51(52(46)55)54(57(42-23-7-4-8-24-42)44-32-30-38-18-10-12-20-40(38)36-44)48-27-14-13-26-47(48)53(49)56(41-21-5-3-6-22-41)43-31-29-37-17-9-11-19-39(37)35-43/h3-36H,1-2H3.